The average Bonchev–Trinajstić information content (AvgIpc) is 3.02. The van der Waals surface area contributed by atoms with E-state index < -0.39 is 0 Å². The van der Waals surface area contributed by atoms with E-state index in [2.05, 4.69) is 30.0 Å². The van der Waals surface area contributed by atoms with Crippen molar-refractivity contribution in [1.29, 1.82) is 0 Å². The second-order valence-corrected chi connectivity index (χ2v) is 8.05. The molecule has 2 unspecified atom stereocenters. The molecule has 4 rings (SSSR count). The Labute approximate surface area is 154 Å². The Hall–Kier alpha value is -1.02. The van der Waals surface area contributed by atoms with Gasteiger partial charge in [-0.1, -0.05) is 47.5 Å². The third kappa shape index (κ3) is 3.10. The van der Waals surface area contributed by atoms with E-state index in [1.165, 1.54) is 55.3 Å². The zero-order chi connectivity index (χ0) is 16.7. The molecule has 2 aromatic carbocycles. The predicted octanol–water partition coefficient (Wildman–Crippen LogP) is 6.00. The smallest absolute Gasteiger partial charge is 0.0598 e. The van der Waals surface area contributed by atoms with Crippen molar-refractivity contribution >= 4 is 23.2 Å². The van der Waals surface area contributed by atoms with Crippen molar-refractivity contribution in [2.24, 2.45) is 0 Å². The van der Waals surface area contributed by atoms with Gasteiger partial charge in [0.1, 0.15) is 0 Å². The van der Waals surface area contributed by atoms with E-state index >= 15 is 0 Å². The number of likely N-dealkylation sites (tertiary alicyclic amines) is 1. The fraction of sp³-hybridized carbons (Fsp3) is 0.429. The van der Waals surface area contributed by atoms with Gasteiger partial charge >= 0.3 is 0 Å². The third-order valence-corrected chi connectivity index (χ3v) is 6.47. The first kappa shape index (κ1) is 16.4. The molecular formula is C21H23Cl2N. The van der Waals surface area contributed by atoms with Crippen LogP contribution in [0.15, 0.2) is 36.4 Å². The van der Waals surface area contributed by atoms with Crippen molar-refractivity contribution in [3.05, 3.63) is 57.6 Å². The lowest BCUT2D eigenvalue weighted by Crippen LogP contribution is -2.41. The number of hydrogen-bond acceptors (Lipinski definition) is 1. The van der Waals surface area contributed by atoms with E-state index in [0.717, 1.165) is 17.6 Å². The summed E-state index contributed by atoms with van der Waals surface area (Å²) in [4.78, 5) is 2.73. The maximum Gasteiger partial charge on any atom is 0.0598 e. The van der Waals surface area contributed by atoms with E-state index in [1.54, 1.807) is 0 Å². The van der Waals surface area contributed by atoms with Crippen molar-refractivity contribution < 1.29 is 0 Å². The van der Waals surface area contributed by atoms with Crippen LogP contribution in [0.3, 0.4) is 0 Å². The zero-order valence-electron chi connectivity index (χ0n) is 14.1. The number of nitrogens with zero attached hydrogens (tertiary/aromatic N) is 1. The maximum absolute atomic E-state index is 6.18. The first-order valence-electron chi connectivity index (χ1n) is 8.95. The molecule has 3 heteroatoms. The molecule has 0 spiro atoms. The highest BCUT2D eigenvalue weighted by Crippen LogP contribution is 2.33. The Balaban J connectivity index is 1.57. The highest BCUT2D eigenvalue weighted by atomic mass is 35.5. The molecule has 0 saturated carbocycles. The van der Waals surface area contributed by atoms with Crippen LogP contribution in [-0.4, -0.2) is 23.5 Å². The summed E-state index contributed by atoms with van der Waals surface area (Å²) < 4.78 is 0. The van der Waals surface area contributed by atoms with Gasteiger partial charge in [-0.25, -0.2) is 0 Å². The van der Waals surface area contributed by atoms with Gasteiger partial charge in [0.2, 0.25) is 0 Å². The lowest BCUT2D eigenvalue weighted by Gasteiger charge is -2.35. The lowest BCUT2D eigenvalue weighted by molar-refractivity contribution is 0.174. The summed E-state index contributed by atoms with van der Waals surface area (Å²) in [7, 11) is 0. The second kappa shape index (κ2) is 6.71. The summed E-state index contributed by atoms with van der Waals surface area (Å²) in [5, 5.41) is 1.23. The van der Waals surface area contributed by atoms with Gasteiger partial charge in [-0.15, -0.1) is 0 Å². The topological polar surface area (TPSA) is 3.24 Å². The second-order valence-electron chi connectivity index (χ2n) is 7.24. The molecule has 126 valence electrons. The highest BCUT2D eigenvalue weighted by molar-refractivity contribution is 6.42. The molecule has 1 heterocycles. The summed E-state index contributed by atoms with van der Waals surface area (Å²) in [6.07, 6.45) is 6.38. The van der Waals surface area contributed by atoms with Gasteiger partial charge in [-0.3, -0.25) is 4.90 Å². The Kier molecular flexibility index (Phi) is 4.60. The summed E-state index contributed by atoms with van der Waals surface area (Å²) in [6, 6.07) is 14.3. The predicted molar refractivity (Wildman–Crippen MR) is 103 cm³/mol. The normalized spacial score (nSPS) is 24.1. The summed E-state index contributed by atoms with van der Waals surface area (Å²) >= 11 is 12.2. The first-order chi connectivity index (χ1) is 11.6. The highest BCUT2D eigenvalue weighted by Gasteiger charge is 2.30. The fourth-order valence-corrected chi connectivity index (χ4v) is 4.67. The lowest BCUT2D eigenvalue weighted by atomic mass is 9.85. The maximum atomic E-state index is 6.18. The average molecular weight is 360 g/mol. The van der Waals surface area contributed by atoms with Gasteiger partial charge in [0.15, 0.2) is 0 Å². The molecule has 1 fully saturated rings. The molecule has 2 atom stereocenters. The molecule has 1 nitrogen and oxygen atoms in total. The van der Waals surface area contributed by atoms with Crippen LogP contribution in [0.25, 0.3) is 11.1 Å². The van der Waals surface area contributed by atoms with Gasteiger partial charge < -0.3 is 0 Å². The third-order valence-electron chi connectivity index (χ3n) is 5.74. The van der Waals surface area contributed by atoms with Crippen LogP contribution in [0.4, 0.5) is 0 Å². The quantitative estimate of drug-likeness (QED) is 0.635. The van der Waals surface area contributed by atoms with Gasteiger partial charge in [-0.05, 0) is 80.0 Å². The zero-order valence-corrected chi connectivity index (χ0v) is 15.6. The van der Waals surface area contributed by atoms with Crippen LogP contribution in [0.5, 0.6) is 0 Å². The van der Waals surface area contributed by atoms with Crippen molar-refractivity contribution in [3.63, 3.8) is 0 Å². The summed E-state index contributed by atoms with van der Waals surface area (Å²) in [5.74, 6) is 0. The van der Waals surface area contributed by atoms with Crippen LogP contribution in [0, 0.1) is 0 Å². The molecule has 2 aliphatic rings. The number of rotatable bonds is 2. The summed E-state index contributed by atoms with van der Waals surface area (Å²) in [5.41, 5.74) is 5.40. The Morgan fingerprint density at radius 3 is 2.46 bits per heavy atom. The standard InChI is InChI=1S/C21H23Cl2N/c1-14-3-2-10-24(14)19-8-6-16-11-15(4-5-17(16)12-19)18-7-9-20(22)21(23)13-18/h4-5,7,9,11,13-14,19H,2-3,6,8,10,12H2,1H3. The molecular weight excluding hydrogens is 337 g/mol. The monoisotopic (exact) mass is 359 g/mol. The minimum atomic E-state index is 0.612. The number of aryl methyl sites for hydroxylation is 1. The van der Waals surface area contributed by atoms with Crippen LogP contribution < -0.4 is 0 Å². The molecule has 0 bridgehead atoms. The van der Waals surface area contributed by atoms with E-state index in [4.69, 9.17) is 23.2 Å². The minimum Gasteiger partial charge on any atom is -0.297 e. The van der Waals surface area contributed by atoms with Crippen LogP contribution in [0.2, 0.25) is 10.0 Å². The van der Waals surface area contributed by atoms with E-state index in [0.29, 0.717) is 10.0 Å². The number of fused-ring (bicyclic) bond motifs is 1. The minimum absolute atomic E-state index is 0.612. The fourth-order valence-electron chi connectivity index (χ4n) is 4.37. The van der Waals surface area contributed by atoms with Crippen molar-refractivity contribution in [1.82, 2.24) is 4.90 Å². The Bertz CT molecular complexity index is 755. The van der Waals surface area contributed by atoms with Gasteiger partial charge in [0.05, 0.1) is 10.0 Å². The van der Waals surface area contributed by atoms with Crippen molar-refractivity contribution in [2.75, 3.05) is 6.54 Å². The van der Waals surface area contributed by atoms with Crippen LogP contribution >= 0.6 is 23.2 Å². The van der Waals surface area contributed by atoms with Crippen LogP contribution in [0.1, 0.15) is 37.3 Å². The number of halogens is 2. The van der Waals surface area contributed by atoms with E-state index in [1.807, 2.05) is 18.2 Å². The molecule has 2 aromatic rings. The molecule has 1 aliphatic heterocycles. The number of hydrogen-bond donors (Lipinski definition) is 0. The number of benzene rings is 2. The molecule has 1 saturated heterocycles. The molecule has 0 N–H and O–H groups in total. The SMILES string of the molecule is CC1CCCN1C1CCc2cc(-c3ccc(Cl)c(Cl)c3)ccc2C1. The Morgan fingerprint density at radius 1 is 0.917 bits per heavy atom. The molecule has 0 radical (unpaired) electrons. The largest absolute Gasteiger partial charge is 0.297 e. The molecule has 24 heavy (non-hydrogen) atoms. The molecule has 0 amide bonds. The van der Waals surface area contributed by atoms with E-state index in [9.17, 15) is 0 Å². The van der Waals surface area contributed by atoms with Crippen LogP contribution in [-0.2, 0) is 12.8 Å². The van der Waals surface area contributed by atoms with Gasteiger partial charge in [0.25, 0.3) is 0 Å². The summed E-state index contributed by atoms with van der Waals surface area (Å²) in [6.45, 7) is 3.67. The first-order valence-corrected chi connectivity index (χ1v) is 9.70. The molecule has 0 aromatic heterocycles. The van der Waals surface area contributed by atoms with Crippen molar-refractivity contribution in [2.45, 2.75) is 51.1 Å². The van der Waals surface area contributed by atoms with Crippen molar-refractivity contribution in [3.8, 4) is 11.1 Å². The van der Waals surface area contributed by atoms with E-state index in [-0.39, 0.29) is 0 Å². The Morgan fingerprint density at radius 2 is 1.71 bits per heavy atom. The van der Waals surface area contributed by atoms with Gasteiger partial charge in [0, 0.05) is 12.1 Å². The molecule has 1 aliphatic carbocycles. The van der Waals surface area contributed by atoms with Gasteiger partial charge in [-0.2, -0.15) is 0 Å².